The van der Waals surface area contributed by atoms with Gasteiger partial charge in [-0.05, 0) is 26.7 Å². The number of oxazole rings is 1. The zero-order chi connectivity index (χ0) is 11.5. The van der Waals surface area contributed by atoms with E-state index in [1.165, 1.54) is 24.6 Å². The minimum absolute atomic E-state index is 0.335. The monoisotopic (exact) mass is 242 g/mol. The molecule has 0 aliphatic heterocycles. The molecule has 1 unspecified atom stereocenters. The summed E-state index contributed by atoms with van der Waals surface area (Å²) >= 11 is 1.47. The Morgan fingerprint density at radius 1 is 1.56 bits per heavy atom. The van der Waals surface area contributed by atoms with Crippen LogP contribution in [0, 0.1) is 13.8 Å². The molecular weight excluding hydrogens is 224 g/mol. The van der Waals surface area contributed by atoms with E-state index in [1.54, 1.807) is 0 Å². The standard InChI is InChI=1S/C11H18N2O2S/c1-7-8(2)15-11(13-7)16-6-10(14)5-12-9-3-4-9/h9-10,12,14H,3-6H2,1-2H3. The number of aryl methyl sites for hydroxylation is 2. The van der Waals surface area contributed by atoms with E-state index in [1.807, 2.05) is 13.8 Å². The molecule has 1 fully saturated rings. The van der Waals surface area contributed by atoms with Gasteiger partial charge in [0, 0.05) is 18.3 Å². The lowest BCUT2D eigenvalue weighted by Gasteiger charge is -2.09. The Balaban J connectivity index is 1.68. The third kappa shape index (κ3) is 3.50. The minimum atomic E-state index is -0.335. The van der Waals surface area contributed by atoms with Crippen molar-refractivity contribution in [3.8, 4) is 0 Å². The average molecular weight is 242 g/mol. The van der Waals surface area contributed by atoms with Gasteiger partial charge in [-0.2, -0.15) is 0 Å². The third-order valence-electron chi connectivity index (χ3n) is 2.63. The van der Waals surface area contributed by atoms with E-state index in [2.05, 4.69) is 10.3 Å². The predicted molar refractivity (Wildman–Crippen MR) is 63.7 cm³/mol. The van der Waals surface area contributed by atoms with E-state index < -0.39 is 0 Å². The van der Waals surface area contributed by atoms with Crippen LogP contribution in [0.15, 0.2) is 9.64 Å². The van der Waals surface area contributed by atoms with Crippen LogP contribution in [0.4, 0.5) is 0 Å². The van der Waals surface area contributed by atoms with Crippen molar-refractivity contribution in [1.29, 1.82) is 0 Å². The van der Waals surface area contributed by atoms with E-state index >= 15 is 0 Å². The van der Waals surface area contributed by atoms with Crippen molar-refractivity contribution in [2.45, 2.75) is 44.1 Å². The van der Waals surface area contributed by atoms with Crippen LogP contribution < -0.4 is 5.32 Å². The number of rotatable bonds is 6. The highest BCUT2D eigenvalue weighted by Gasteiger charge is 2.21. The molecule has 90 valence electrons. The van der Waals surface area contributed by atoms with Crippen LogP contribution in [-0.4, -0.2) is 34.5 Å². The minimum Gasteiger partial charge on any atom is -0.437 e. The molecule has 1 aliphatic rings. The van der Waals surface area contributed by atoms with Crippen LogP contribution in [0.1, 0.15) is 24.3 Å². The molecule has 1 atom stereocenters. The number of aliphatic hydroxyl groups is 1. The van der Waals surface area contributed by atoms with Gasteiger partial charge in [0.25, 0.3) is 5.22 Å². The number of hydrogen-bond acceptors (Lipinski definition) is 5. The molecule has 2 rings (SSSR count). The van der Waals surface area contributed by atoms with E-state index in [-0.39, 0.29) is 6.10 Å². The SMILES string of the molecule is Cc1nc(SCC(O)CNC2CC2)oc1C. The number of nitrogens with zero attached hydrogens (tertiary/aromatic N) is 1. The van der Waals surface area contributed by atoms with Gasteiger partial charge in [0.05, 0.1) is 11.8 Å². The molecule has 1 aromatic heterocycles. The van der Waals surface area contributed by atoms with Gasteiger partial charge in [-0.1, -0.05) is 11.8 Å². The largest absolute Gasteiger partial charge is 0.437 e. The Morgan fingerprint density at radius 3 is 2.88 bits per heavy atom. The van der Waals surface area contributed by atoms with Crippen molar-refractivity contribution in [2.75, 3.05) is 12.3 Å². The summed E-state index contributed by atoms with van der Waals surface area (Å²) in [7, 11) is 0. The second kappa shape index (κ2) is 5.21. The third-order valence-corrected chi connectivity index (χ3v) is 3.60. The first kappa shape index (κ1) is 12.0. The van der Waals surface area contributed by atoms with Crippen LogP contribution >= 0.6 is 11.8 Å². The van der Waals surface area contributed by atoms with Crippen molar-refractivity contribution >= 4 is 11.8 Å². The summed E-state index contributed by atoms with van der Waals surface area (Å²) in [4.78, 5) is 4.25. The summed E-state index contributed by atoms with van der Waals surface area (Å²) in [5.41, 5.74) is 0.924. The van der Waals surface area contributed by atoms with Crippen LogP contribution in [0.25, 0.3) is 0 Å². The van der Waals surface area contributed by atoms with E-state index in [0.717, 1.165) is 11.5 Å². The topological polar surface area (TPSA) is 58.3 Å². The highest BCUT2D eigenvalue weighted by molar-refractivity contribution is 7.99. The summed E-state index contributed by atoms with van der Waals surface area (Å²) < 4.78 is 5.42. The van der Waals surface area contributed by atoms with Gasteiger partial charge in [0.2, 0.25) is 0 Å². The van der Waals surface area contributed by atoms with Crippen LogP contribution in [0.2, 0.25) is 0 Å². The lowest BCUT2D eigenvalue weighted by Crippen LogP contribution is -2.29. The maximum atomic E-state index is 9.71. The quantitative estimate of drug-likeness (QED) is 0.740. The van der Waals surface area contributed by atoms with Crippen LogP contribution in [0.3, 0.4) is 0 Å². The highest BCUT2D eigenvalue weighted by atomic mass is 32.2. The number of thioether (sulfide) groups is 1. The molecule has 0 radical (unpaired) electrons. The molecule has 1 aliphatic carbocycles. The van der Waals surface area contributed by atoms with Gasteiger partial charge in [-0.25, -0.2) is 4.98 Å². The van der Waals surface area contributed by atoms with Crippen molar-refractivity contribution in [1.82, 2.24) is 10.3 Å². The molecule has 1 heterocycles. The Hall–Kier alpha value is -0.520. The molecular formula is C11H18N2O2S. The van der Waals surface area contributed by atoms with Crippen molar-refractivity contribution in [3.63, 3.8) is 0 Å². The molecule has 1 aromatic rings. The van der Waals surface area contributed by atoms with Gasteiger partial charge < -0.3 is 14.8 Å². The molecule has 4 nitrogen and oxygen atoms in total. The van der Waals surface area contributed by atoms with Crippen molar-refractivity contribution in [3.05, 3.63) is 11.5 Å². The maximum absolute atomic E-state index is 9.71. The molecule has 0 saturated heterocycles. The summed E-state index contributed by atoms with van der Waals surface area (Å²) in [5, 5.41) is 13.7. The first-order valence-corrected chi connectivity index (χ1v) is 6.62. The fourth-order valence-corrected chi connectivity index (χ4v) is 2.16. The number of nitrogens with one attached hydrogen (secondary N) is 1. The second-order valence-corrected chi connectivity index (χ2v) is 5.24. The molecule has 0 aromatic carbocycles. The summed E-state index contributed by atoms with van der Waals surface area (Å²) in [6, 6.07) is 0.644. The molecule has 1 saturated carbocycles. The van der Waals surface area contributed by atoms with E-state index in [0.29, 0.717) is 23.6 Å². The molecule has 0 bridgehead atoms. The Bertz CT molecular complexity index is 330. The average Bonchev–Trinajstić information content (AvgIpc) is 3.01. The van der Waals surface area contributed by atoms with Gasteiger partial charge in [0.1, 0.15) is 5.76 Å². The fourth-order valence-electron chi connectivity index (χ4n) is 1.32. The predicted octanol–water partition coefficient (Wildman–Crippen LogP) is 1.50. The van der Waals surface area contributed by atoms with Crippen molar-refractivity contribution in [2.24, 2.45) is 0 Å². The molecule has 2 N–H and O–H groups in total. The summed E-state index contributed by atoms with van der Waals surface area (Å²) in [5.74, 6) is 1.48. The number of aromatic nitrogens is 1. The second-order valence-electron chi connectivity index (χ2n) is 4.27. The van der Waals surface area contributed by atoms with Crippen LogP contribution in [-0.2, 0) is 0 Å². The Kier molecular flexibility index (Phi) is 3.89. The highest BCUT2D eigenvalue weighted by Crippen LogP contribution is 2.21. The lowest BCUT2D eigenvalue weighted by atomic mass is 10.4. The van der Waals surface area contributed by atoms with Gasteiger partial charge in [-0.15, -0.1) is 0 Å². The van der Waals surface area contributed by atoms with E-state index in [9.17, 15) is 5.11 Å². The van der Waals surface area contributed by atoms with Gasteiger partial charge >= 0.3 is 0 Å². The van der Waals surface area contributed by atoms with Gasteiger partial charge in [-0.3, -0.25) is 0 Å². The number of hydrogen-bond donors (Lipinski definition) is 2. The van der Waals surface area contributed by atoms with Gasteiger partial charge in [0.15, 0.2) is 0 Å². The summed E-state index contributed by atoms with van der Waals surface area (Å²) in [6.07, 6.45) is 2.16. The molecule has 5 heteroatoms. The van der Waals surface area contributed by atoms with Crippen molar-refractivity contribution < 1.29 is 9.52 Å². The van der Waals surface area contributed by atoms with Crippen LogP contribution in [0.5, 0.6) is 0 Å². The fraction of sp³-hybridized carbons (Fsp3) is 0.727. The smallest absolute Gasteiger partial charge is 0.256 e. The summed E-state index contributed by atoms with van der Waals surface area (Å²) in [6.45, 7) is 4.49. The number of aliphatic hydroxyl groups excluding tert-OH is 1. The normalized spacial score (nSPS) is 17.7. The van der Waals surface area contributed by atoms with E-state index in [4.69, 9.17) is 4.42 Å². The maximum Gasteiger partial charge on any atom is 0.256 e. The first-order valence-electron chi connectivity index (χ1n) is 5.63. The molecule has 16 heavy (non-hydrogen) atoms. The lowest BCUT2D eigenvalue weighted by molar-refractivity contribution is 0.195. The first-order chi connectivity index (χ1) is 7.65. The molecule has 0 amide bonds. The Morgan fingerprint density at radius 2 is 2.31 bits per heavy atom. The Labute approximate surface area is 99.8 Å². The zero-order valence-corrected chi connectivity index (χ0v) is 10.5. The zero-order valence-electron chi connectivity index (χ0n) is 9.69. The molecule has 0 spiro atoms.